The quantitative estimate of drug-likeness (QED) is 0.324. The summed E-state index contributed by atoms with van der Waals surface area (Å²) >= 11 is 0. The summed E-state index contributed by atoms with van der Waals surface area (Å²) in [6.45, 7) is 6.75. The number of aryl methyl sites for hydroxylation is 1. The molecule has 0 atom stereocenters. The van der Waals surface area contributed by atoms with E-state index >= 15 is 0 Å². The Morgan fingerprint density at radius 1 is 0.943 bits per heavy atom. The number of carbonyl (C=O) groups is 2. The largest absolute Gasteiger partial charge is 0.484 e. The lowest BCUT2D eigenvalue weighted by Crippen LogP contribution is -2.35. The Labute approximate surface area is 208 Å². The highest BCUT2D eigenvalue weighted by Gasteiger charge is 2.17. The van der Waals surface area contributed by atoms with Crippen molar-refractivity contribution < 1.29 is 14.3 Å². The van der Waals surface area contributed by atoms with Crippen LogP contribution in [0.1, 0.15) is 51.8 Å². The molecule has 0 aliphatic heterocycles. The van der Waals surface area contributed by atoms with Crippen molar-refractivity contribution in [2.24, 2.45) is 0 Å². The van der Waals surface area contributed by atoms with Crippen molar-refractivity contribution in [1.82, 2.24) is 19.8 Å². The molecule has 0 aliphatic rings. The van der Waals surface area contributed by atoms with Gasteiger partial charge in [0.15, 0.2) is 6.61 Å². The molecule has 188 valence electrons. The molecule has 0 unspecified atom stereocenters. The van der Waals surface area contributed by atoms with E-state index in [2.05, 4.69) is 23.7 Å². The van der Waals surface area contributed by atoms with Crippen molar-refractivity contribution in [3.8, 4) is 5.75 Å². The Balaban J connectivity index is 1.47. The second-order valence-electron chi connectivity index (χ2n) is 8.75. The van der Waals surface area contributed by atoms with E-state index in [1.807, 2.05) is 59.5 Å². The van der Waals surface area contributed by atoms with Crippen LogP contribution in [0.15, 0.2) is 54.6 Å². The van der Waals surface area contributed by atoms with Gasteiger partial charge in [0, 0.05) is 26.1 Å². The minimum atomic E-state index is -0.113. The summed E-state index contributed by atoms with van der Waals surface area (Å²) in [7, 11) is 0. The molecule has 0 saturated carbocycles. The summed E-state index contributed by atoms with van der Waals surface area (Å²) < 4.78 is 7.55. The van der Waals surface area contributed by atoms with Gasteiger partial charge in [0.25, 0.3) is 5.91 Å². The number of unbranched alkanes of at least 4 members (excludes halogenated alkanes) is 2. The zero-order valence-electron chi connectivity index (χ0n) is 21.0. The molecular formula is C28H38N4O3. The molecule has 0 fully saturated rings. The molecule has 0 aliphatic carbocycles. The number of nitrogens with one attached hydrogen (secondary N) is 1. The summed E-state index contributed by atoms with van der Waals surface area (Å²) in [5.74, 6) is 1.68. The van der Waals surface area contributed by atoms with Crippen molar-refractivity contribution in [1.29, 1.82) is 0 Å². The Hall–Kier alpha value is -3.35. The molecule has 0 saturated heterocycles. The minimum Gasteiger partial charge on any atom is -0.484 e. The molecule has 7 nitrogen and oxygen atoms in total. The summed E-state index contributed by atoms with van der Waals surface area (Å²) in [5.41, 5.74) is 1.94. The van der Waals surface area contributed by atoms with Crippen LogP contribution < -0.4 is 10.1 Å². The van der Waals surface area contributed by atoms with E-state index in [0.29, 0.717) is 18.8 Å². The van der Waals surface area contributed by atoms with Gasteiger partial charge >= 0.3 is 0 Å². The number of hydrogen-bond donors (Lipinski definition) is 1. The highest BCUT2D eigenvalue weighted by molar-refractivity contribution is 5.81. The van der Waals surface area contributed by atoms with E-state index in [9.17, 15) is 9.59 Å². The molecule has 0 radical (unpaired) electrons. The predicted octanol–water partition coefficient (Wildman–Crippen LogP) is 4.59. The molecule has 1 heterocycles. The molecular weight excluding hydrogens is 440 g/mol. The fourth-order valence-electron chi connectivity index (χ4n) is 4.16. The SMILES string of the molecule is CCCN(CCC)C(=O)Cn1c(CCCCCNC(=O)COc2ccccc2)nc2ccccc21. The van der Waals surface area contributed by atoms with Crippen LogP contribution in [0.2, 0.25) is 0 Å². The zero-order chi connectivity index (χ0) is 24.9. The Morgan fingerprint density at radius 3 is 2.40 bits per heavy atom. The number of para-hydroxylation sites is 3. The molecule has 7 heteroatoms. The fraction of sp³-hybridized carbons (Fsp3) is 0.464. The van der Waals surface area contributed by atoms with E-state index in [-0.39, 0.29) is 18.4 Å². The van der Waals surface area contributed by atoms with Crippen molar-refractivity contribution in [3.05, 3.63) is 60.4 Å². The molecule has 2 aromatic carbocycles. The average Bonchev–Trinajstić information content (AvgIpc) is 3.22. The molecule has 0 spiro atoms. The van der Waals surface area contributed by atoms with E-state index in [4.69, 9.17) is 9.72 Å². The first-order chi connectivity index (χ1) is 17.1. The predicted molar refractivity (Wildman–Crippen MR) is 139 cm³/mol. The molecule has 1 N–H and O–H groups in total. The van der Waals surface area contributed by atoms with Crippen molar-refractivity contribution in [2.45, 2.75) is 58.9 Å². The van der Waals surface area contributed by atoms with Gasteiger partial charge in [-0.1, -0.05) is 50.6 Å². The van der Waals surface area contributed by atoms with E-state index in [1.54, 1.807) is 0 Å². The van der Waals surface area contributed by atoms with Gasteiger partial charge in [-0.25, -0.2) is 4.98 Å². The number of fused-ring (bicyclic) bond motifs is 1. The van der Waals surface area contributed by atoms with Crippen LogP contribution in [0.25, 0.3) is 11.0 Å². The van der Waals surface area contributed by atoms with E-state index < -0.39 is 0 Å². The standard InChI is InChI=1S/C28H38N4O3/c1-3-19-31(20-4-2)28(34)21-32-25-16-11-10-15-24(25)30-26(32)17-9-6-12-18-29-27(33)22-35-23-13-7-5-8-14-23/h5,7-8,10-11,13-16H,3-4,6,9,12,17-22H2,1-2H3,(H,29,33). The van der Waals surface area contributed by atoms with Crippen LogP contribution in [0.5, 0.6) is 5.75 Å². The van der Waals surface area contributed by atoms with Gasteiger partial charge in [0.2, 0.25) is 5.91 Å². The molecule has 3 aromatic rings. The van der Waals surface area contributed by atoms with Crippen LogP contribution in [0.3, 0.4) is 0 Å². The first kappa shape index (κ1) is 26.3. The van der Waals surface area contributed by atoms with Crippen molar-refractivity contribution >= 4 is 22.8 Å². The monoisotopic (exact) mass is 478 g/mol. The van der Waals surface area contributed by atoms with Gasteiger partial charge in [-0.3, -0.25) is 9.59 Å². The Bertz CT molecular complexity index is 1060. The van der Waals surface area contributed by atoms with Crippen LogP contribution in [-0.4, -0.2) is 52.5 Å². The Morgan fingerprint density at radius 2 is 1.66 bits per heavy atom. The maximum Gasteiger partial charge on any atom is 0.257 e. The first-order valence-electron chi connectivity index (χ1n) is 12.8. The number of amides is 2. The smallest absolute Gasteiger partial charge is 0.257 e. The maximum absolute atomic E-state index is 13.0. The van der Waals surface area contributed by atoms with Crippen LogP contribution in [-0.2, 0) is 22.6 Å². The van der Waals surface area contributed by atoms with Crippen LogP contribution >= 0.6 is 0 Å². The number of hydrogen-bond acceptors (Lipinski definition) is 4. The number of imidazole rings is 1. The average molecular weight is 479 g/mol. The third-order valence-corrected chi connectivity index (χ3v) is 5.88. The minimum absolute atomic E-state index is 0.0230. The number of ether oxygens (including phenoxy) is 1. The van der Waals surface area contributed by atoms with Gasteiger partial charge in [-0.2, -0.15) is 0 Å². The van der Waals surface area contributed by atoms with Gasteiger partial charge in [0.1, 0.15) is 18.1 Å². The second-order valence-corrected chi connectivity index (χ2v) is 8.75. The number of benzene rings is 2. The molecule has 2 amide bonds. The lowest BCUT2D eigenvalue weighted by molar-refractivity contribution is -0.132. The normalized spacial score (nSPS) is 10.9. The number of aromatic nitrogens is 2. The van der Waals surface area contributed by atoms with Crippen LogP contribution in [0, 0.1) is 0 Å². The topological polar surface area (TPSA) is 76.5 Å². The number of carbonyl (C=O) groups excluding carboxylic acids is 2. The van der Waals surface area contributed by atoms with E-state index in [0.717, 1.165) is 68.5 Å². The summed E-state index contributed by atoms with van der Waals surface area (Å²) in [6.07, 6.45) is 5.51. The van der Waals surface area contributed by atoms with Gasteiger partial charge in [-0.05, 0) is 49.9 Å². The second kappa shape index (κ2) is 14.1. The number of rotatable bonds is 15. The first-order valence-corrected chi connectivity index (χ1v) is 12.8. The zero-order valence-corrected chi connectivity index (χ0v) is 21.0. The fourth-order valence-corrected chi connectivity index (χ4v) is 4.16. The molecule has 0 bridgehead atoms. The third kappa shape index (κ3) is 8.12. The third-order valence-electron chi connectivity index (χ3n) is 5.88. The summed E-state index contributed by atoms with van der Waals surface area (Å²) in [6, 6.07) is 17.4. The molecule has 1 aromatic heterocycles. The lowest BCUT2D eigenvalue weighted by Gasteiger charge is -2.22. The number of nitrogens with zero attached hydrogens (tertiary/aromatic N) is 3. The maximum atomic E-state index is 13.0. The van der Waals surface area contributed by atoms with Crippen molar-refractivity contribution in [3.63, 3.8) is 0 Å². The Kier molecular flexibility index (Phi) is 10.6. The van der Waals surface area contributed by atoms with Gasteiger partial charge in [0.05, 0.1) is 11.0 Å². The highest BCUT2D eigenvalue weighted by atomic mass is 16.5. The summed E-state index contributed by atoms with van der Waals surface area (Å²) in [4.78, 5) is 31.8. The van der Waals surface area contributed by atoms with Gasteiger partial charge in [-0.15, -0.1) is 0 Å². The highest BCUT2D eigenvalue weighted by Crippen LogP contribution is 2.18. The van der Waals surface area contributed by atoms with Gasteiger partial charge < -0.3 is 19.5 Å². The lowest BCUT2D eigenvalue weighted by atomic mass is 10.2. The summed E-state index contributed by atoms with van der Waals surface area (Å²) in [5, 5.41) is 2.91. The van der Waals surface area contributed by atoms with Crippen molar-refractivity contribution in [2.75, 3.05) is 26.2 Å². The molecule has 35 heavy (non-hydrogen) atoms. The van der Waals surface area contributed by atoms with E-state index in [1.165, 1.54) is 0 Å². The van der Waals surface area contributed by atoms with Crippen LogP contribution in [0.4, 0.5) is 0 Å². The molecule has 3 rings (SSSR count).